The average Bonchev–Trinajstić information content (AvgIpc) is 3.70. The molecule has 2 aliphatic rings. The zero-order valence-corrected chi connectivity index (χ0v) is 26.6. The van der Waals surface area contributed by atoms with Gasteiger partial charge in [-0.25, -0.2) is 9.37 Å². The van der Waals surface area contributed by atoms with E-state index in [2.05, 4.69) is 37.3 Å². The van der Waals surface area contributed by atoms with E-state index >= 15 is 0 Å². The number of fused-ring (bicyclic) bond motifs is 2. The second kappa shape index (κ2) is 13.8. The SMILES string of the molecule is CCCC(=O)Nc1cncc(-c2ccc3c(n2)C(c2cc4c(-c5cc(F)cc(OCCN6CCCC6)c5)cncc4[nH]2)=NCCC3)c1. The van der Waals surface area contributed by atoms with E-state index in [-0.39, 0.29) is 11.7 Å². The third-order valence-electron chi connectivity index (χ3n) is 8.73. The number of amides is 1. The Labute approximate surface area is 273 Å². The van der Waals surface area contributed by atoms with Gasteiger partial charge in [-0.05, 0) is 86.7 Å². The number of nitrogens with one attached hydrogen (secondary N) is 2. The van der Waals surface area contributed by atoms with Crippen LogP contribution in [0, 0.1) is 5.82 Å². The van der Waals surface area contributed by atoms with Gasteiger partial charge in [-0.1, -0.05) is 13.0 Å². The lowest BCUT2D eigenvalue weighted by atomic mass is 10.0. The van der Waals surface area contributed by atoms with Crippen molar-refractivity contribution in [3.8, 4) is 28.1 Å². The Morgan fingerprint density at radius 3 is 2.74 bits per heavy atom. The van der Waals surface area contributed by atoms with Crippen molar-refractivity contribution in [3.05, 3.63) is 90.0 Å². The molecule has 0 spiro atoms. The van der Waals surface area contributed by atoms with Crippen LogP contribution >= 0.6 is 0 Å². The molecule has 9 nitrogen and oxygen atoms in total. The van der Waals surface area contributed by atoms with Crippen LogP contribution in [0.2, 0.25) is 0 Å². The van der Waals surface area contributed by atoms with Crippen LogP contribution in [0.25, 0.3) is 33.3 Å². The van der Waals surface area contributed by atoms with Gasteiger partial charge in [-0.2, -0.15) is 0 Å². The number of H-pyrrole nitrogens is 1. The first-order chi connectivity index (χ1) is 23.0. The molecule has 6 heterocycles. The molecule has 240 valence electrons. The Hall–Kier alpha value is -4.96. The molecule has 0 unspecified atom stereocenters. The summed E-state index contributed by atoms with van der Waals surface area (Å²) < 4.78 is 20.9. The second-order valence-electron chi connectivity index (χ2n) is 12.2. The van der Waals surface area contributed by atoms with Crippen molar-refractivity contribution in [2.75, 3.05) is 38.1 Å². The van der Waals surface area contributed by atoms with Crippen molar-refractivity contribution in [2.45, 2.75) is 45.4 Å². The summed E-state index contributed by atoms with van der Waals surface area (Å²) in [7, 11) is 0. The molecule has 1 amide bonds. The Morgan fingerprint density at radius 2 is 1.87 bits per heavy atom. The van der Waals surface area contributed by atoms with Gasteiger partial charge in [0.2, 0.25) is 5.91 Å². The molecule has 0 atom stereocenters. The standard InChI is InChI=1S/C37H38FN7O2/c1-2-6-35(46)42-28-16-26(20-39-21-28)32-9-8-24-7-5-10-41-37(36(24)44-32)33-19-30-31(22-40-23-34(30)43-33)25-15-27(38)18-29(17-25)47-14-13-45-11-3-4-12-45/h8-9,15-23,43H,2-7,10-14H2,1H3,(H,42,46). The Morgan fingerprint density at radius 1 is 1.00 bits per heavy atom. The highest BCUT2D eigenvalue weighted by Crippen LogP contribution is 2.33. The highest BCUT2D eigenvalue weighted by molar-refractivity contribution is 6.14. The Balaban J connectivity index is 1.20. The first kappa shape index (κ1) is 30.7. The predicted molar refractivity (Wildman–Crippen MR) is 182 cm³/mol. The summed E-state index contributed by atoms with van der Waals surface area (Å²) in [5.41, 5.74) is 8.02. The minimum atomic E-state index is -0.353. The molecule has 4 aromatic heterocycles. The lowest BCUT2D eigenvalue weighted by Gasteiger charge is -2.15. The van der Waals surface area contributed by atoms with E-state index in [0.29, 0.717) is 36.6 Å². The third kappa shape index (κ3) is 6.92. The van der Waals surface area contributed by atoms with Crippen LogP contribution in [-0.2, 0) is 11.2 Å². The van der Waals surface area contributed by atoms with Crippen molar-refractivity contribution in [3.63, 3.8) is 0 Å². The van der Waals surface area contributed by atoms with Crippen LogP contribution in [0.15, 0.2) is 72.2 Å². The number of benzene rings is 1. The van der Waals surface area contributed by atoms with Gasteiger partial charge in [0.1, 0.15) is 23.9 Å². The lowest BCUT2D eigenvalue weighted by molar-refractivity contribution is -0.116. The van der Waals surface area contributed by atoms with Gasteiger partial charge >= 0.3 is 0 Å². The van der Waals surface area contributed by atoms with Gasteiger partial charge in [-0.3, -0.25) is 24.7 Å². The molecule has 2 aliphatic heterocycles. The largest absolute Gasteiger partial charge is 0.492 e. The zero-order chi connectivity index (χ0) is 32.2. The highest BCUT2D eigenvalue weighted by Gasteiger charge is 2.21. The van der Waals surface area contributed by atoms with Gasteiger partial charge in [0, 0.05) is 54.5 Å². The van der Waals surface area contributed by atoms with Crippen LogP contribution < -0.4 is 10.1 Å². The van der Waals surface area contributed by atoms with E-state index in [1.807, 2.05) is 25.1 Å². The summed E-state index contributed by atoms with van der Waals surface area (Å²) in [6, 6.07) is 12.9. The number of carbonyl (C=O) groups excluding carboxylic acids is 1. The quantitative estimate of drug-likeness (QED) is 0.175. The maximum Gasteiger partial charge on any atom is 0.224 e. The molecular formula is C37H38FN7O2. The fraction of sp³-hybridized carbons (Fsp3) is 0.324. The Bertz CT molecular complexity index is 1950. The smallest absolute Gasteiger partial charge is 0.224 e. The number of ether oxygens (including phenoxy) is 1. The fourth-order valence-electron chi connectivity index (χ4n) is 6.41. The van der Waals surface area contributed by atoms with Crippen LogP contribution in [-0.4, -0.2) is 69.2 Å². The number of aryl methyl sites for hydroxylation is 1. The van der Waals surface area contributed by atoms with Gasteiger partial charge < -0.3 is 15.0 Å². The molecule has 47 heavy (non-hydrogen) atoms. The molecule has 10 heteroatoms. The predicted octanol–water partition coefficient (Wildman–Crippen LogP) is 6.82. The van der Waals surface area contributed by atoms with Crippen molar-refractivity contribution < 1.29 is 13.9 Å². The fourth-order valence-corrected chi connectivity index (χ4v) is 6.41. The number of nitrogens with zero attached hydrogens (tertiary/aromatic N) is 5. The number of carbonyl (C=O) groups is 1. The van der Waals surface area contributed by atoms with Gasteiger partial charge in [0.15, 0.2) is 0 Å². The summed E-state index contributed by atoms with van der Waals surface area (Å²) >= 11 is 0. The van der Waals surface area contributed by atoms with E-state index in [4.69, 9.17) is 14.7 Å². The van der Waals surface area contributed by atoms with Gasteiger partial charge in [-0.15, -0.1) is 0 Å². The summed E-state index contributed by atoms with van der Waals surface area (Å²) in [6.07, 6.45) is 12.4. The summed E-state index contributed by atoms with van der Waals surface area (Å²) in [4.78, 5) is 37.0. The lowest BCUT2D eigenvalue weighted by Crippen LogP contribution is -2.25. The number of aromatic nitrogens is 4. The van der Waals surface area contributed by atoms with Crippen LogP contribution in [0.4, 0.5) is 10.1 Å². The van der Waals surface area contributed by atoms with Crippen molar-refractivity contribution in [2.24, 2.45) is 4.99 Å². The molecule has 0 aliphatic carbocycles. The highest BCUT2D eigenvalue weighted by atomic mass is 19.1. The van der Waals surface area contributed by atoms with Crippen LogP contribution in [0.5, 0.6) is 5.75 Å². The molecular weight excluding hydrogens is 593 g/mol. The molecule has 0 saturated carbocycles. The van der Waals surface area contributed by atoms with E-state index in [1.54, 1.807) is 24.8 Å². The summed E-state index contributed by atoms with van der Waals surface area (Å²) in [6.45, 7) is 6.18. The molecule has 5 aromatic rings. The van der Waals surface area contributed by atoms with E-state index < -0.39 is 0 Å². The maximum absolute atomic E-state index is 14.9. The number of aliphatic imine (C=N–C) groups is 1. The van der Waals surface area contributed by atoms with Crippen molar-refractivity contribution in [1.82, 2.24) is 24.8 Å². The number of aromatic amines is 1. The number of hydrogen-bond acceptors (Lipinski definition) is 7. The molecule has 1 fully saturated rings. The van der Waals surface area contributed by atoms with Gasteiger partial charge in [0.25, 0.3) is 0 Å². The molecule has 0 bridgehead atoms. The van der Waals surface area contributed by atoms with Crippen molar-refractivity contribution in [1.29, 1.82) is 0 Å². The Kier molecular flexibility index (Phi) is 9.01. The normalized spacial score (nSPS) is 14.9. The first-order valence-electron chi connectivity index (χ1n) is 16.5. The van der Waals surface area contributed by atoms with Crippen LogP contribution in [0.3, 0.4) is 0 Å². The molecule has 1 saturated heterocycles. The molecule has 7 rings (SSSR count). The molecule has 2 N–H and O–H groups in total. The number of rotatable bonds is 10. The second-order valence-corrected chi connectivity index (χ2v) is 12.2. The van der Waals surface area contributed by atoms with E-state index in [1.165, 1.54) is 25.0 Å². The topological polar surface area (TPSA) is 108 Å². The summed E-state index contributed by atoms with van der Waals surface area (Å²) in [5, 5.41) is 3.83. The number of anilines is 1. The maximum atomic E-state index is 14.9. The third-order valence-corrected chi connectivity index (χ3v) is 8.73. The minimum Gasteiger partial charge on any atom is -0.492 e. The van der Waals surface area contributed by atoms with E-state index in [9.17, 15) is 9.18 Å². The number of halogens is 1. The van der Waals surface area contributed by atoms with Gasteiger partial charge in [0.05, 0.1) is 40.7 Å². The summed E-state index contributed by atoms with van der Waals surface area (Å²) in [5.74, 6) is 0.117. The average molecular weight is 632 g/mol. The number of likely N-dealkylation sites (tertiary alicyclic amines) is 1. The number of pyridine rings is 3. The number of hydrogen-bond donors (Lipinski definition) is 2. The minimum absolute atomic E-state index is 0.0389. The van der Waals surface area contributed by atoms with Crippen LogP contribution in [0.1, 0.15) is 56.0 Å². The zero-order valence-electron chi connectivity index (χ0n) is 26.6. The first-order valence-corrected chi connectivity index (χ1v) is 16.5. The molecule has 1 aromatic carbocycles. The monoisotopic (exact) mass is 631 g/mol. The van der Waals surface area contributed by atoms with Crippen molar-refractivity contribution >= 4 is 28.2 Å². The van der Waals surface area contributed by atoms with E-state index in [0.717, 1.165) is 89.3 Å². The molecule has 0 radical (unpaired) electrons.